The first-order valence-electron chi connectivity index (χ1n) is 8.90. The number of rotatable bonds is 3. The fourth-order valence-electron chi connectivity index (χ4n) is 5.26. The monoisotopic (exact) mass is 301 g/mol. The Bertz CT molecular complexity index is 530. The molecule has 4 rings (SSSR count). The third kappa shape index (κ3) is 2.05. The van der Waals surface area contributed by atoms with E-state index >= 15 is 0 Å². The largest absolute Gasteiger partial charge is 0.501 e. The van der Waals surface area contributed by atoms with Gasteiger partial charge in [0, 0.05) is 11.5 Å². The van der Waals surface area contributed by atoms with E-state index in [0.717, 1.165) is 5.76 Å². The van der Waals surface area contributed by atoms with Gasteiger partial charge in [-0.2, -0.15) is 0 Å². The molecule has 0 aromatic carbocycles. The van der Waals surface area contributed by atoms with Crippen molar-refractivity contribution in [2.24, 2.45) is 5.92 Å². The third-order valence-electron chi connectivity index (χ3n) is 6.17. The Morgan fingerprint density at radius 1 is 1.18 bits per heavy atom. The number of methoxy groups -OCH3 is 1. The molecule has 3 atom stereocenters. The third-order valence-corrected chi connectivity index (χ3v) is 6.17. The molecule has 1 unspecified atom stereocenters. The predicted molar refractivity (Wildman–Crippen MR) is 86.7 cm³/mol. The molecule has 3 nitrogen and oxygen atoms in total. The van der Waals surface area contributed by atoms with Crippen LogP contribution in [0.4, 0.5) is 0 Å². The first-order chi connectivity index (χ1) is 10.9. The van der Waals surface area contributed by atoms with Crippen molar-refractivity contribution in [2.45, 2.75) is 56.4 Å². The quantitative estimate of drug-likeness (QED) is 0.831. The van der Waals surface area contributed by atoms with E-state index in [1.807, 2.05) is 19.4 Å². The van der Waals surface area contributed by atoms with E-state index in [-0.39, 0.29) is 5.54 Å². The van der Waals surface area contributed by atoms with E-state index in [0.29, 0.717) is 11.8 Å². The summed E-state index contributed by atoms with van der Waals surface area (Å²) in [4.78, 5) is 2.78. The van der Waals surface area contributed by atoms with E-state index in [2.05, 4.69) is 17.0 Å². The SMILES string of the molecule is COC1=C[C@@H](c2ccco2)[C@@]2(N3CCCC3)CCCCCC12. The molecule has 1 aromatic heterocycles. The Kier molecular flexibility index (Phi) is 3.77. The summed E-state index contributed by atoms with van der Waals surface area (Å²) in [6, 6.07) is 4.18. The second-order valence-electron chi connectivity index (χ2n) is 7.10. The predicted octanol–water partition coefficient (Wildman–Crippen LogP) is 4.32. The van der Waals surface area contributed by atoms with Crippen molar-refractivity contribution in [1.82, 2.24) is 4.90 Å². The van der Waals surface area contributed by atoms with E-state index in [4.69, 9.17) is 9.15 Å². The van der Waals surface area contributed by atoms with Crippen molar-refractivity contribution in [3.63, 3.8) is 0 Å². The minimum Gasteiger partial charge on any atom is -0.501 e. The first kappa shape index (κ1) is 14.4. The number of furan rings is 1. The molecule has 0 N–H and O–H groups in total. The molecule has 0 spiro atoms. The van der Waals surface area contributed by atoms with Crippen molar-refractivity contribution >= 4 is 0 Å². The highest BCUT2D eigenvalue weighted by atomic mass is 16.5. The van der Waals surface area contributed by atoms with Crippen LogP contribution in [0.2, 0.25) is 0 Å². The highest BCUT2D eigenvalue weighted by Crippen LogP contribution is 2.55. The van der Waals surface area contributed by atoms with Gasteiger partial charge in [0.25, 0.3) is 0 Å². The summed E-state index contributed by atoms with van der Waals surface area (Å²) in [7, 11) is 1.84. The maximum absolute atomic E-state index is 5.86. The maximum atomic E-state index is 5.86. The highest BCUT2D eigenvalue weighted by molar-refractivity contribution is 5.34. The minimum atomic E-state index is 0.191. The van der Waals surface area contributed by atoms with Crippen LogP contribution in [-0.2, 0) is 4.74 Å². The van der Waals surface area contributed by atoms with Crippen LogP contribution in [0.25, 0.3) is 0 Å². The van der Waals surface area contributed by atoms with Crippen LogP contribution in [0.15, 0.2) is 34.6 Å². The summed E-state index contributed by atoms with van der Waals surface area (Å²) < 4.78 is 11.7. The number of fused-ring (bicyclic) bond motifs is 1. The van der Waals surface area contributed by atoms with Crippen molar-refractivity contribution in [2.75, 3.05) is 20.2 Å². The molecular formula is C19H27NO2. The Morgan fingerprint density at radius 3 is 2.77 bits per heavy atom. The van der Waals surface area contributed by atoms with Crippen LogP contribution < -0.4 is 0 Å². The summed E-state index contributed by atoms with van der Waals surface area (Å²) in [6.45, 7) is 2.47. The molecule has 0 amide bonds. The van der Waals surface area contributed by atoms with Gasteiger partial charge in [-0.25, -0.2) is 0 Å². The molecule has 0 bridgehead atoms. The first-order valence-corrected chi connectivity index (χ1v) is 8.90. The standard InChI is InChI=1S/C19H27NO2/c1-21-18-14-16(17-9-7-13-22-17)19(20-11-5-6-12-20)10-4-2-3-8-15(18)19/h7,9,13-16H,2-6,8,10-12H2,1H3/t15?,16-,19+/m0/s1. The fourth-order valence-corrected chi connectivity index (χ4v) is 5.26. The molecule has 2 heterocycles. The van der Waals surface area contributed by atoms with Gasteiger partial charge in [-0.3, -0.25) is 4.90 Å². The topological polar surface area (TPSA) is 25.6 Å². The number of hydrogen-bond acceptors (Lipinski definition) is 3. The number of nitrogens with zero attached hydrogens (tertiary/aromatic N) is 1. The van der Waals surface area contributed by atoms with Crippen molar-refractivity contribution in [3.05, 3.63) is 36.0 Å². The summed E-state index contributed by atoms with van der Waals surface area (Å²) in [5.41, 5.74) is 0.191. The Labute approximate surface area is 133 Å². The zero-order valence-electron chi connectivity index (χ0n) is 13.6. The normalized spacial score (nSPS) is 36.0. The zero-order valence-corrected chi connectivity index (χ0v) is 13.6. The Hall–Kier alpha value is -1.22. The van der Waals surface area contributed by atoms with Gasteiger partial charge in [0.15, 0.2) is 0 Å². The molecule has 1 aromatic rings. The van der Waals surface area contributed by atoms with Gasteiger partial charge in [0.05, 0.1) is 25.1 Å². The molecule has 3 aliphatic rings. The minimum absolute atomic E-state index is 0.191. The lowest BCUT2D eigenvalue weighted by atomic mass is 9.73. The summed E-state index contributed by atoms with van der Waals surface area (Å²) in [5, 5.41) is 0. The van der Waals surface area contributed by atoms with E-state index in [9.17, 15) is 0 Å². The number of ether oxygens (including phenoxy) is 1. The van der Waals surface area contributed by atoms with Gasteiger partial charge in [0.2, 0.25) is 0 Å². The van der Waals surface area contributed by atoms with Crippen LogP contribution in [-0.4, -0.2) is 30.6 Å². The second kappa shape index (κ2) is 5.77. The van der Waals surface area contributed by atoms with Gasteiger partial charge < -0.3 is 9.15 Å². The molecule has 2 aliphatic carbocycles. The summed E-state index contributed by atoms with van der Waals surface area (Å²) in [5.74, 6) is 3.20. The van der Waals surface area contributed by atoms with Gasteiger partial charge in [-0.15, -0.1) is 0 Å². The number of likely N-dealkylation sites (tertiary alicyclic amines) is 1. The smallest absolute Gasteiger partial charge is 0.112 e. The van der Waals surface area contributed by atoms with Crippen molar-refractivity contribution < 1.29 is 9.15 Å². The Morgan fingerprint density at radius 2 is 2.05 bits per heavy atom. The fraction of sp³-hybridized carbons (Fsp3) is 0.684. The lowest BCUT2D eigenvalue weighted by Gasteiger charge is -2.47. The maximum Gasteiger partial charge on any atom is 0.112 e. The molecule has 1 aliphatic heterocycles. The molecule has 120 valence electrons. The average Bonchev–Trinajstić information content (AvgIpc) is 3.25. The van der Waals surface area contributed by atoms with Gasteiger partial charge in [0.1, 0.15) is 5.76 Å². The molecule has 3 heteroatoms. The Balaban J connectivity index is 1.81. The van der Waals surface area contributed by atoms with Gasteiger partial charge in [-0.05, 0) is 57.0 Å². The van der Waals surface area contributed by atoms with Crippen LogP contribution in [0.1, 0.15) is 56.6 Å². The molecule has 2 fully saturated rings. The summed E-state index contributed by atoms with van der Waals surface area (Å²) in [6.07, 6.45) is 13.4. The molecule has 0 radical (unpaired) electrons. The van der Waals surface area contributed by atoms with Crippen LogP contribution in [0.3, 0.4) is 0 Å². The van der Waals surface area contributed by atoms with Crippen molar-refractivity contribution in [1.29, 1.82) is 0 Å². The van der Waals surface area contributed by atoms with Crippen LogP contribution >= 0.6 is 0 Å². The lowest BCUT2D eigenvalue weighted by molar-refractivity contribution is 0.0361. The van der Waals surface area contributed by atoms with Crippen LogP contribution in [0.5, 0.6) is 0 Å². The van der Waals surface area contributed by atoms with Crippen LogP contribution in [0, 0.1) is 5.92 Å². The van der Waals surface area contributed by atoms with Gasteiger partial charge >= 0.3 is 0 Å². The lowest BCUT2D eigenvalue weighted by Crippen LogP contribution is -2.54. The molecular weight excluding hydrogens is 274 g/mol. The summed E-state index contributed by atoms with van der Waals surface area (Å²) >= 11 is 0. The zero-order chi connectivity index (χ0) is 15.0. The molecule has 1 saturated carbocycles. The van der Waals surface area contributed by atoms with E-state index < -0.39 is 0 Å². The van der Waals surface area contributed by atoms with Gasteiger partial charge in [-0.1, -0.05) is 19.3 Å². The molecule has 1 saturated heterocycles. The van der Waals surface area contributed by atoms with E-state index in [1.165, 1.54) is 63.8 Å². The van der Waals surface area contributed by atoms with Crippen molar-refractivity contribution in [3.8, 4) is 0 Å². The second-order valence-corrected chi connectivity index (χ2v) is 7.10. The number of hydrogen-bond donors (Lipinski definition) is 0. The van der Waals surface area contributed by atoms with E-state index in [1.54, 1.807) is 0 Å². The molecule has 22 heavy (non-hydrogen) atoms. The highest BCUT2D eigenvalue weighted by Gasteiger charge is 2.56. The average molecular weight is 301 g/mol.